The van der Waals surface area contributed by atoms with Crippen molar-refractivity contribution in [2.45, 2.75) is 39.2 Å². The van der Waals surface area contributed by atoms with Crippen molar-refractivity contribution in [1.29, 1.82) is 0 Å². The summed E-state index contributed by atoms with van der Waals surface area (Å²) in [6.45, 7) is 7.46. The van der Waals surface area contributed by atoms with Gasteiger partial charge in [0.25, 0.3) is 0 Å². The Labute approximate surface area is 126 Å². The first-order valence-corrected chi connectivity index (χ1v) is 7.60. The van der Waals surface area contributed by atoms with Gasteiger partial charge in [-0.3, -0.25) is 4.79 Å². The average molecular weight is 291 g/mol. The van der Waals surface area contributed by atoms with Crippen molar-refractivity contribution in [1.82, 2.24) is 4.90 Å². The van der Waals surface area contributed by atoms with E-state index in [2.05, 4.69) is 0 Å². The Kier molecular flexibility index (Phi) is 4.88. The van der Waals surface area contributed by atoms with Gasteiger partial charge in [-0.1, -0.05) is 31.5 Å². The van der Waals surface area contributed by atoms with Crippen LogP contribution in [0, 0.1) is 12.8 Å². The molecule has 116 valence electrons. The van der Waals surface area contributed by atoms with E-state index in [1.54, 1.807) is 4.90 Å². The first kappa shape index (κ1) is 15.8. The summed E-state index contributed by atoms with van der Waals surface area (Å²) in [6.07, 6.45) is 1.17. The van der Waals surface area contributed by atoms with E-state index in [1.807, 2.05) is 45.0 Å². The number of nitrogens with zero attached hydrogens (tertiary/aromatic N) is 1. The molecular formula is C17H25NO3. The standard InChI is InChI=1S/C17H25NO3/c1-13(2)17(20)11-18(12-17)16(19)5-4-10-21-15-8-6-14(3)7-9-15/h6-9,13,20H,4-5,10-12H2,1-3H3. The van der Waals surface area contributed by atoms with E-state index in [0.717, 1.165) is 5.75 Å². The minimum absolute atomic E-state index is 0.104. The lowest BCUT2D eigenvalue weighted by Crippen LogP contribution is -2.65. The topological polar surface area (TPSA) is 49.8 Å². The normalized spacial score (nSPS) is 16.7. The van der Waals surface area contributed by atoms with Crippen LogP contribution in [0.5, 0.6) is 5.75 Å². The molecule has 21 heavy (non-hydrogen) atoms. The molecule has 4 nitrogen and oxygen atoms in total. The highest BCUT2D eigenvalue weighted by Gasteiger charge is 2.45. The highest BCUT2D eigenvalue weighted by Crippen LogP contribution is 2.29. The summed E-state index contributed by atoms with van der Waals surface area (Å²) in [6, 6.07) is 7.89. The van der Waals surface area contributed by atoms with Crippen LogP contribution in [0.15, 0.2) is 24.3 Å². The predicted octanol–water partition coefficient (Wildman–Crippen LogP) is 2.38. The van der Waals surface area contributed by atoms with Gasteiger partial charge in [-0.15, -0.1) is 0 Å². The second kappa shape index (κ2) is 6.48. The van der Waals surface area contributed by atoms with Crippen LogP contribution in [-0.4, -0.2) is 41.2 Å². The van der Waals surface area contributed by atoms with Gasteiger partial charge in [-0.05, 0) is 31.4 Å². The number of likely N-dealkylation sites (tertiary alicyclic amines) is 1. The Morgan fingerprint density at radius 2 is 1.95 bits per heavy atom. The number of rotatable bonds is 6. The SMILES string of the molecule is Cc1ccc(OCCCC(=O)N2CC(O)(C(C)C)C2)cc1. The van der Waals surface area contributed by atoms with Gasteiger partial charge in [0.15, 0.2) is 0 Å². The van der Waals surface area contributed by atoms with Gasteiger partial charge in [0.2, 0.25) is 5.91 Å². The van der Waals surface area contributed by atoms with E-state index in [-0.39, 0.29) is 11.8 Å². The zero-order valence-electron chi connectivity index (χ0n) is 13.1. The number of amides is 1. The van der Waals surface area contributed by atoms with Gasteiger partial charge in [0.05, 0.1) is 19.7 Å². The Bertz CT molecular complexity index is 475. The minimum Gasteiger partial charge on any atom is -0.494 e. The highest BCUT2D eigenvalue weighted by atomic mass is 16.5. The molecule has 4 heteroatoms. The number of aryl methyl sites for hydroxylation is 1. The first-order chi connectivity index (χ1) is 9.90. The van der Waals surface area contributed by atoms with E-state index >= 15 is 0 Å². The molecule has 0 bridgehead atoms. The minimum atomic E-state index is -0.686. The van der Waals surface area contributed by atoms with Gasteiger partial charge in [0.1, 0.15) is 11.4 Å². The Morgan fingerprint density at radius 3 is 2.52 bits per heavy atom. The average Bonchev–Trinajstić information content (AvgIpc) is 2.41. The number of hydrogen-bond acceptors (Lipinski definition) is 3. The molecule has 0 saturated carbocycles. The molecule has 0 atom stereocenters. The molecule has 0 aliphatic carbocycles. The second-order valence-corrected chi connectivity index (χ2v) is 6.27. The summed E-state index contributed by atoms with van der Waals surface area (Å²) in [5.74, 6) is 1.13. The number of ether oxygens (including phenoxy) is 1. The zero-order valence-corrected chi connectivity index (χ0v) is 13.1. The Morgan fingerprint density at radius 1 is 1.33 bits per heavy atom. The number of β-amino-alcohol motifs (C(OH)–C–C–N with tert-alkyl or cyclic N) is 1. The van der Waals surface area contributed by atoms with E-state index in [0.29, 0.717) is 32.5 Å². The van der Waals surface area contributed by atoms with Gasteiger partial charge < -0.3 is 14.7 Å². The number of hydrogen-bond donors (Lipinski definition) is 1. The van der Waals surface area contributed by atoms with Crippen LogP contribution in [0.2, 0.25) is 0 Å². The molecule has 2 rings (SSSR count). The van der Waals surface area contributed by atoms with Crippen molar-refractivity contribution >= 4 is 5.91 Å². The van der Waals surface area contributed by atoms with Gasteiger partial charge >= 0.3 is 0 Å². The molecule has 1 aliphatic heterocycles. The van der Waals surface area contributed by atoms with Crippen molar-refractivity contribution in [2.24, 2.45) is 5.92 Å². The molecule has 1 amide bonds. The largest absolute Gasteiger partial charge is 0.494 e. The van der Waals surface area contributed by atoms with Gasteiger partial charge in [-0.2, -0.15) is 0 Å². The fourth-order valence-electron chi connectivity index (χ4n) is 2.36. The molecule has 0 spiro atoms. The summed E-state index contributed by atoms with van der Waals surface area (Å²) in [7, 11) is 0. The lowest BCUT2D eigenvalue weighted by Gasteiger charge is -2.49. The summed E-state index contributed by atoms with van der Waals surface area (Å²) < 4.78 is 5.60. The zero-order chi connectivity index (χ0) is 15.5. The maximum absolute atomic E-state index is 12.0. The van der Waals surface area contributed by atoms with Gasteiger partial charge in [0, 0.05) is 6.42 Å². The van der Waals surface area contributed by atoms with Crippen molar-refractivity contribution < 1.29 is 14.6 Å². The molecule has 1 fully saturated rings. The maximum atomic E-state index is 12.0. The Hall–Kier alpha value is -1.55. The fourth-order valence-corrected chi connectivity index (χ4v) is 2.36. The van der Waals surface area contributed by atoms with Crippen LogP contribution in [0.4, 0.5) is 0 Å². The number of carbonyl (C=O) groups is 1. The second-order valence-electron chi connectivity index (χ2n) is 6.27. The lowest BCUT2D eigenvalue weighted by molar-refractivity contribution is -0.163. The van der Waals surface area contributed by atoms with Crippen LogP contribution in [0.1, 0.15) is 32.3 Å². The van der Waals surface area contributed by atoms with E-state index < -0.39 is 5.60 Å². The third-order valence-electron chi connectivity index (χ3n) is 4.18. The van der Waals surface area contributed by atoms with Crippen LogP contribution in [0.3, 0.4) is 0 Å². The molecule has 0 aromatic heterocycles. The third kappa shape index (κ3) is 3.97. The van der Waals surface area contributed by atoms with E-state index in [1.165, 1.54) is 5.56 Å². The number of carbonyl (C=O) groups excluding carboxylic acids is 1. The predicted molar refractivity (Wildman–Crippen MR) is 82.3 cm³/mol. The van der Waals surface area contributed by atoms with E-state index in [4.69, 9.17) is 4.74 Å². The third-order valence-corrected chi connectivity index (χ3v) is 4.18. The van der Waals surface area contributed by atoms with Crippen LogP contribution < -0.4 is 4.74 Å². The molecule has 1 aliphatic rings. The number of aliphatic hydroxyl groups is 1. The van der Waals surface area contributed by atoms with Gasteiger partial charge in [-0.25, -0.2) is 0 Å². The molecular weight excluding hydrogens is 266 g/mol. The van der Waals surface area contributed by atoms with Crippen LogP contribution >= 0.6 is 0 Å². The van der Waals surface area contributed by atoms with Crippen molar-refractivity contribution in [3.63, 3.8) is 0 Å². The summed E-state index contributed by atoms with van der Waals surface area (Å²) >= 11 is 0. The molecule has 0 radical (unpaired) electrons. The van der Waals surface area contributed by atoms with Crippen molar-refractivity contribution in [3.05, 3.63) is 29.8 Å². The molecule has 1 N–H and O–H groups in total. The van der Waals surface area contributed by atoms with Crippen LogP contribution in [0.25, 0.3) is 0 Å². The molecule has 1 saturated heterocycles. The fraction of sp³-hybridized carbons (Fsp3) is 0.588. The maximum Gasteiger partial charge on any atom is 0.222 e. The summed E-state index contributed by atoms with van der Waals surface area (Å²) in [5.41, 5.74) is 0.515. The molecule has 0 unspecified atom stereocenters. The van der Waals surface area contributed by atoms with E-state index in [9.17, 15) is 9.90 Å². The first-order valence-electron chi connectivity index (χ1n) is 7.60. The highest BCUT2D eigenvalue weighted by molar-refractivity contribution is 5.77. The Balaban J connectivity index is 1.63. The summed E-state index contributed by atoms with van der Waals surface area (Å²) in [5, 5.41) is 10.1. The molecule has 1 aromatic carbocycles. The van der Waals surface area contributed by atoms with Crippen molar-refractivity contribution in [2.75, 3.05) is 19.7 Å². The molecule has 1 aromatic rings. The smallest absolute Gasteiger partial charge is 0.222 e. The lowest BCUT2D eigenvalue weighted by atomic mass is 9.83. The van der Waals surface area contributed by atoms with Crippen molar-refractivity contribution in [3.8, 4) is 5.75 Å². The quantitative estimate of drug-likeness (QED) is 0.819. The summed E-state index contributed by atoms with van der Waals surface area (Å²) in [4.78, 5) is 13.7. The monoisotopic (exact) mass is 291 g/mol. The van der Waals surface area contributed by atoms with Crippen LogP contribution in [-0.2, 0) is 4.79 Å². The number of benzene rings is 1. The molecule has 1 heterocycles.